The second kappa shape index (κ2) is 5.87. The lowest BCUT2D eigenvalue weighted by Crippen LogP contribution is -2.40. The van der Waals surface area contributed by atoms with E-state index in [-0.39, 0.29) is 11.6 Å². The van der Waals surface area contributed by atoms with Gasteiger partial charge in [-0.25, -0.2) is 4.98 Å². The van der Waals surface area contributed by atoms with E-state index in [0.717, 1.165) is 5.56 Å². The third-order valence-corrected chi connectivity index (χ3v) is 4.15. The molecule has 7 heteroatoms. The molecule has 0 amide bonds. The highest BCUT2D eigenvalue weighted by atomic mass is 35.5. The number of morpholine rings is 1. The van der Waals surface area contributed by atoms with Crippen LogP contribution in [0, 0.1) is 0 Å². The summed E-state index contributed by atoms with van der Waals surface area (Å²) in [6.07, 6.45) is 0. The van der Waals surface area contributed by atoms with Crippen LogP contribution in [-0.4, -0.2) is 35.9 Å². The van der Waals surface area contributed by atoms with Crippen molar-refractivity contribution in [2.45, 2.75) is 13.0 Å². The van der Waals surface area contributed by atoms with Gasteiger partial charge in [0, 0.05) is 31.2 Å². The van der Waals surface area contributed by atoms with E-state index in [0.29, 0.717) is 48.2 Å². The van der Waals surface area contributed by atoms with Crippen LogP contribution < -0.4 is 16.2 Å². The van der Waals surface area contributed by atoms with Gasteiger partial charge in [0.1, 0.15) is 0 Å². The number of nitrogens with zero attached hydrogens (tertiary/aromatic N) is 3. The Hall–Kier alpha value is -1.63. The Bertz CT molecular complexity index is 766. The van der Waals surface area contributed by atoms with Crippen molar-refractivity contribution in [3.05, 3.63) is 33.1 Å². The largest absolute Gasteiger partial charge is 0.378 e. The number of fused-ring (bicyclic) bond motifs is 1. The smallest absolute Gasteiger partial charge is 0.262 e. The van der Waals surface area contributed by atoms with Crippen molar-refractivity contribution < 1.29 is 4.74 Å². The summed E-state index contributed by atoms with van der Waals surface area (Å²) in [6, 6.07) is 3.18. The van der Waals surface area contributed by atoms with E-state index in [1.807, 2.05) is 6.92 Å². The van der Waals surface area contributed by atoms with Gasteiger partial charge in [0.05, 0.1) is 24.1 Å². The summed E-state index contributed by atoms with van der Waals surface area (Å²) in [7, 11) is 1.73. The van der Waals surface area contributed by atoms with Crippen molar-refractivity contribution in [2.24, 2.45) is 12.8 Å². The summed E-state index contributed by atoms with van der Waals surface area (Å²) in [6.45, 7) is 4.56. The van der Waals surface area contributed by atoms with Gasteiger partial charge in [0.2, 0.25) is 5.95 Å². The van der Waals surface area contributed by atoms with Gasteiger partial charge in [-0.2, -0.15) is 0 Å². The molecule has 1 aromatic heterocycles. The molecule has 3 rings (SSSR count). The molecule has 0 saturated carbocycles. The lowest BCUT2D eigenvalue weighted by molar-refractivity contribution is 0.121. The standard InChI is InChI=1S/C15H19ClN4O2/c1-9(17)11-7-10(16)8-12-13(11)18-15(19(2)14(12)21)20-3-5-22-6-4-20/h7-9H,3-6,17H2,1-2H3. The number of nitrogens with two attached hydrogens (primary N) is 1. The zero-order chi connectivity index (χ0) is 15.9. The molecule has 1 aromatic carbocycles. The predicted molar refractivity (Wildman–Crippen MR) is 87.6 cm³/mol. The van der Waals surface area contributed by atoms with Gasteiger partial charge in [0.25, 0.3) is 5.56 Å². The van der Waals surface area contributed by atoms with Gasteiger partial charge in [-0.15, -0.1) is 0 Å². The Morgan fingerprint density at radius 2 is 2.05 bits per heavy atom. The van der Waals surface area contributed by atoms with E-state index < -0.39 is 0 Å². The molecular weight excluding hydrogens is 304 g/mol. The summed E-state index contributed by atoms with van der Waals surface area (Å²) >= 11 is 6.12. The quantitative estimate of drug-likeness (QED) is 0.905. The Balaban J connectivity index is 2.27. The van der Waals surface area contributed by atoms with E-state index in [4.69, 9.17) is 27.1 Å². The lowest BCUT2D eigenvalue weighted by atomic mass is 10.1. The van der Waals surface area contributed by atoms with Crippen LogP contribution in [0.4, 0.5) is 5.95 Å². The molecule has 0 bridgehead atoms. The van der Waals surface area contributed by atoms with Crippen LogP contribution in [0.2, 0.25) is 5.02 Å². The second-order valence-electron chi connectivity index (χ2n) is 5.56. The molecule has 1 aliphatic heterocycles. The SMILES string of the molecule is CC(N)c1cc(Cl)cc2c(=O)n(C)c(N3CCOCC3)nc12. The van der Waals surface area contributed by atoms with Gasteiger partial charge in [0.15, 0.2) is 0 Å². The lowest BCUT2D eigenvalue weighted by Gasteiger charge is -2.29. The van der Waals surface area contributed by atoms with Crippen molar-refractivity contribution in [2.75, 3.05) is 31.2 Å². The summed E-state index contributed by atoms with van der Waals surface area (Å²) in [5.74, 6) is 0.644. The third-order valence-electron chi connectivity index (χ3n) is 3.94. The molecular formula is C15H19ClN4O2. The van der Waals surface area contributed by atoms with Crippen LogP contribution in [0.15, 0.2) is 16.9 Å². The molecule has 118 valence electrons. The number of hydrogen-bond donors (Lipinski definition) is 1. The minimum absolute atomic E-state index is 0.115. The van der Waals surface area contributed by atoms with Crippen LogP contribution >= 0.6 is 11.6 Å². The van der Waals surface area contributed by atoms with Crippen molar-refractivity contribution in [3.8, 4) is 0 Å². The van der Waals surface area contributed by atoms with E-state index in [2.05, 4.69) is 4.90 Å². The normalized spacial score (nSPS) is 17.0. The number of hydrogen-bond acceptors (Lipinski definition) is 5. The van der Waals surface area contributed by atoms with Gasteiger partial charge < -0.3 is 15.4 Å². The van der Waals surface area contributed by atoms with Crippen LogP contribution in [0.1, 0.15) is 18.5 Å². The summed E-state index contributed by atoms with van der Waals surface area (Å²) < 4.78 is 6.93. The average Bonchev–Trinajstić information content (AvgIpc) is 2.51. The fraction of sp³-hybridized carbons (Fsp3) is 0.467. The molecule has 1 saturated heterocycles. The maximum absolute atomic E-state index is 12.7. The molecule has 6 nitrogen and oxygen atoms in total. The van der Waals surface area contributed by atoms with E-state index in [1.165, 1.54) is 0 Å². The Kier molecular flexibility index (Phi) is 4.08. The highest BCUT2D eigenvalue weighted by Gasteiger charge is 2.20. The number of anilines is 1. The minimum atomic E-state index is -0.252. The monoisotopic (exact) mass is 322 g/mol. The maximum atomic E-state index is 12.7. The fourth-order valence-corrected chi connectivity index (χ4v) is 2.97. The molecule has 2 N–H and O–H groups in total. The van der Waals surface area contributed by atoms with Crippen molar-refractivity contribution in [1.82, 2.24) is 9.55 Å². The number of rotatable bonds is 2. The number of halogens is 1. The zero-order valence-electron chi connectivity index (χ0n) is 12.7. The van der Waals surface area contributed by atoms with E-state index >= 15 is 0 Å². The molecule has 0 radical (unpaired) electrons. The summed E-state index contributed by atoms with van der Waals surface area (Å²) in [5, 5.41) is 0.997. The van der Waals surface area contributed by atoms with E-state index in [1.54, 1.807) is 23.7 Å². The molecule has 2 heterocycles. The topological polar surface area (TPSA) is 73.4 Å². The van der Waals surface area contributed by atoms with E-state index in [9.17, 15) is 4.79 Å². The van der Waals surface area contributed by atoms with Crippen molar-refractivity contribution in [3.63, 3.8) is 0 Å². The van der Waals surface area contributed by atoms with Crippen LogP contribution in [-0.2, 0) is 11.8 Å². The molecule has 1 aliphatic rings. The summed E-state index contributed by atoms with van der Waals surface area (Å²) in [5.41, 5.74) is 7.32. The van der Waals surface area contributed by atoms with Gasteiger partial charge in [-0.05, 0) is 24.6 Å². The van der Waals surface area contributed by atoms with Crippen LogP contribution in [0.3, 0.4) is 0 Å². The van der Waals surface area contributed by atoms with Crippen LogP contribution in [0.25, 0.3) is 10.9 Å². The fourth-order valence-electron chi connectivity index (χ4n) is 2.75. The third kappa shape index (κ3) is 2.58. The molecule has 22 heavy (non-hydrogen) atoms. The number of aromatic nitrogens is 2. The van der Waals surface area contributed by atoms with Crippen molar-refractivity contribution >= 4 is 28.5 Å². The first-order valence-electron chi connectivity index (χ1n) is 7.27. The molecule has 2 aromatic rings. The highest BCUT2D eigenvalue weighted by molar-refractivity contribution is 6.31. The summed E-state index contributed by atoms with van der Waals surface area (Å²) in [4.78, 5) is 19.5. The highest BCUT2D eigenvalue weighted by Crippen LogP contribution is 2.26. The second-order valence-corrected chi connectivity index (χ2v) is 5.99. The van der Waals surface area contributed by atoms with Gasteiger partial charge >= 0.3 is 0 Å². The van der Waals surface area contributed by atoms with Crippen LogP contribution in [0.5, 0.6) is 0 Å². The first-order valence-corrected chi connectivity index (χ1v) is 7.65. The van der Waals surface area contributed by atoms with Crippen molar-refractivity contribution in [1.29, 1.82) is 0 Å². The number of ether oxygens (including phenoxy) is 1. The Morgan fingerprint density at radius 1 is 1.36 bits per heavy atom. The number of benzene rings is 1. The molecule has 1 atom stereocenters. The minimum Gasteiger partial charge on any atom is -0.378 e. The molecule has 0 spiro atoms. The maximum Gasteiger partial charge on any atom is 0.262 e. The first-order chi connectivity index (χ1) is 10.5. The van der Waals surface area contributed by atoms with Gasteiger partial charge in [-0.1, -0.05) is 11.6 Å². The Labute approximate surface area is 133 Å². The Morgan fingerprint density at radius 3 is 2.68 bits per heavy atom. The molecule has 1 unspecified atom stereocenters. The zero-order valence-corrected chi connectivity index (χ0v) is 13.4. The predicted octanol–water partition coefficient (Wildman–Crippen LogP) is 1.44. The molecule has 0 aliphatic carbocycles. The molecule has 1 fully saturated rings. The average molecular weight is 323 g/mol. The first kappa shape index (κ1) is 15.3. The van der Waals surface area contributed by atoms with Gasteiger partial charge in [-0.3, -0.25) is 9.36 Å².